The second-order valence-corrected chi connectivity index (χ2v) is 6.41. The minimum Gasteiger partial charge on any atom is -0.480 e. The first-order chi connectivity index (χ1) is 12.4. The van der Waals surface area contributed by atoms with Gasteiger partial charge in [-0.2, -0.15) is 0 Å². The standard InChI is InChI=1S/C17H12Cl3N3O3/c18-10-5-12(20)14(6-11(10)19)25-8-16(24)26-7-15-22-13-4-2-1-3-9(13)17(21)23-15/h1-6H,7-8H2,(H2,21,22,23). The Morgan fingerprint density at radius 2 is 1.77 bits per heavy atom. The minimum absolute atomic E-state index is 0.133. The zero-order valence-corrected chi connectivity index (χ0v) is 15.5. The Balaban J connectivity index is 1.60. The van der Waals surface area contributed by atoms with Crippen LogP contribution in [0.3, 0.4) is 0 Å². The number of carbonyl (C=O) groups excluding carboxylic acids is 1. The van der Waals surface area contributed by atoms with Gasteiger partial charge < -0.3 is 15.2 Å². The highest BCUT2D eigenvalue weighted by atomic mass is 35.5. The number of halogens is 3. The number of ether oxygens (including phenoxy) is 2. The smallest absolute Gasteiger partial charge is 0.344 e. The Labute approximate surface area is 163 Å². The number of hydrogen-bond acceptors (Lipinski definition) is 6. The summed E-state index contributed by atoms with van der Waals surface area (Å²) in [6.45, 7) is -0.493. The van der Waals surface area contributed by atoms with Gasteiger partial charge in [0.2, 0.25) is 0 Å². The summed E-state index contributed by atoms with van der Waals surface area (Å²) in [5.41, 5.74) is 6.56. The number of para-hydroxylation sites is 1. The molecule has 6 nitrogen and oxygen atoms in total. The third kappa shape index (κ3) is 4.27. The monoisotopic (exact) mass is 411 g/mol. The van der Waals surface area contributed by atoms with Crippen LogP contribution in [-0.4, -0.2) is 22.5 Å². The van der Waals surface area contributed by atoms with Gasteiger partial charge in [-0.15, -0.1) is 0 Å². The van der Waals surface area contributed by atoms with Crippen LogP contribution >= 0.6 is 34.8 Å². The minimum atomic E-state index is -0.623. The maximum absolute atomic E-state index is 11.9. The number of carbonyl (C=O) groups is 1. The second kappa shape index (κ2) is 7.95. The first-order valence-electron chi connectivity index (χ1n) is 7.38. The average molecular weight is 413 g/mol. The van der Waals surface area contributed by atoms with E-state index in [4.69, 9.17) is 50.0 Å². The van der Waals surface area contributed by atoms with Crippen molar-refractivity contribution >= 4 is 57.5 Å². The number of fused-ring (bicyclic) bond motifs is 1. The Morgan fingerprint density at radius 1 is 1.04 bits per heavy atom. The molecule has 0 radical (unpaired) electrons. The number of anilines is 1. The van der Waals surface area contributed by atoms with Crippen molar-refractivity contribution in [1.29, 1.82) is 0 Å². The fourth-order valence-corrected chi connectivity index (χ4v) is 2.75. The maximum Gasteiger partial charge on any atom is 0.344 e. The molecule has 0 saturated heterocycles. The van der Waals surface area contributed by atoms with E-state index in [-0.39, 0.29) is 34.0 Å². The Morgan fingerprint density at radius 3 is 2.58 bits per heavy atom. The van der Waals surface area contributed by atoms with Crippen LogP contribution < -0.4 is 10.5 Å². The van der Waals surface area contributed by atoms with E-state index in [0.717, 1.165) is 5.39 Å². The molecular weight excluding hydrogens is 401 g/mol. The largest absolute Gasteiger partial charge is 0.480 e. The van der Waals surface area contributed by atoms with Gasteiger partial charge in [-0.25, -0.2) is 14.8 Å². The molecule has 0 aliphatic heterocycles. The van der Waals surface area contributed by atoms with Crippen LogP contribution in [0, 0.1) is 0 Å². The molecule has 3 aromatic rings. The third-order valence-corrected chi connectivity index (χ3v) is 4.38. The molecular formula is C17H12Cl3N3O3. The van der Waals surface area contributed by atoms with Crippen molar-refractivity contribution in [3.8, 4) is 5.75 Å². The molecule has 0 amide bonds. The third-order valence-electron chi connectivity index (χ3n) is 3.36. The first kappa shape index (κ1) is 18.5. The normalized spacial score (nSPS) is 10.7. The molecule has 0 saturated carbocycles. The van der Waals surface area contributed by atoms with Crippen molar-refractivity contribution in [2.45, 2.75) is 6.61 Å². The highest BCUT2D eigenvalue weighted by molar-refractivity contribution is 6.43. The predicted octanol–water partition coefficient (Wildman–Crippen LogP) is 4.29. The van der Waals surface area contributed by atoms with Crippen molar-refractivity contribution < 1.29 is 14.3 Å². The predicted molar refractivity (Wildman–Crippen MR) is 101 cm³/mol. The lowest BCUT2D eigenvalue weighted by molar-refractivity contribution is -0.147. The molecule has 0 atom stereocenters. The van der Waals surface area contributed by atoms with Gasteiger partial charge in [-0.1, -0.05) is 46.9 Å². The number of nitrogens with zero attached hydrogens (tertiary/aromatic N) is 2. The van der Waals surface area contributed by atoms with Crippen molar-refractivity contribution in [2.24, 2.45) is 0 Å². The molecule has 1 heterocycles. The number of esters is 1. The zero-order chi connectivity index (χ0) is 18.7. The summed E-state index contributed by atoms with van der Waals surface area (Å²) in [5, 5.41) is 1.52. The lowest BCUT2D eigenvalue weighted by Crippen LogP contribution is -2.16. The van der Waals surface area contributed by atoms with Crippen molar-refractivity contribution in [1.82, 2.24) is 9.97 Å². The van der Waals surface area contributed by atoms with Gasteiger partial charge in [0.1, 0.15) is 11.6 Å². The first-order valence-corrected chi connectivity index (χ1v) is 8.51. The quantitative estimate of drug-likeness (QED) is 0.497. The second-order valence-electron chi connectivity index (χ2n) is 5.19. The summed E-state index contributed by atoms with van der Waals surface area (Å²) in [6, 6.07) is 10.1. The molecule has 26 heavy (non-hydrogen) atoms. The molecule has 0 aliphatic carbocycles. The summed E-state index contributed by atoms with van der Waals surface area (Å²) in [4.78, 5) is 20.3. The molecule has 134 valence electrons. The van der Waals surface area contributed by atoms with Gasteiger partial charge in [0, 0.05) is 11.5 Å². The van der Waals surface area contributed by atoms with Gasteiger partial charge in [-0.05, 0) is 18.2 Å². The van der Waals surface area contributed by atoms with Crippen LogP contribution in [0.25, 0.3) is 10.9 Å². The van der Waals surface area contributed by atoms with Gasteiger partial charge in [0.05, 0.1) is 20.6 Å². The number of nitrogens with two attached hydrogens (primary N) is 1. The van der Waals surface area contributed by atoms with Crippen molar-refractivity contribution in [2.75, 3.05) is 12.3 Å². The number of hydrogen-bond donors (Lipinski definition) is 1. The lowest BCUT2D eigenvalue weighted by Gasteiger charge is -2.09. The summed E-state index contributed by atoms with van der Waals surface area (Å²) >= 11 is 17.7. The van der Waals surface area contributed by atoms with Crippen LogP contribution in [0.1, 0.15) is 5.82 Å². The van der Waals surface area contributed by atoms with E-state index in [1.54, 1.807) is 6.07 Å². The van der Waals surface area contributed by atoms with E-state index in [2.05, 4.69) is 9.97 Å². The van der Waals surface area contributed by atoms with E-state index in [1.807, 2.05) is 18.2 Å². The van der Waals surface area contributed by atoms with Crippen molar-refractivity contribution in [3.05, 3.63) is 57.3 Å². The van der Waals surface area contributed by atoms with Crippen LogP contribution in [-0.2, 0) is 16.1 Å². The fraction of sp³-hybridized carbons (Fsp3) is 0.118. The average Bonchev–Trinajstić information content (AvgIpc) is 2.62. The molecule has 0 fully saturated rings. The molecule has 2 aromatic carbocycles. The topological polar surface area (TPSA) is 87.3 Å². The Kier molecular flexibility index (Phi) is 5.66. The number of nitrogen functional groups attached to an aromatic ring is 1. The van der Waals surface area contributed by atoms with Gasteiger partial charge in [0.15, 0.2) is 19.0 Å². The molecule has 0 aliphatic rings. The maximum atomic E-state index is 11.9. The van der Waals surface area contributed by atoms with Crippen LogP contribution in [0.15, 0.2) is 36.4 Å². The highest BCUT2D eigenvalue weighted by Gasteiger charge is 2.12. The van der Waals surface area contributed by atoms with Crippen molar-refractivity contribution in [3.63, 3.8) is 0 Å². The summed E-state index contributed by atoms with van der Waals surface area (Å²) in [5.74, 6) is 0.217. The van der Waals surface area contributed by atoms with E-state index in [0.29, 0.717) is 17.2 Å². The van der Waals surface area contributed by atoms with E-state index in [1.165, 1.54) is 12.1 Å². The van der Waals surface area contributed by atoms with Gasteiger partial charge in [-0.3, -0.25) is 0 Å². The number of benzene rings is 2. The molecule has 0 bridgehead atoms. The molecule has 0 spiro atoms. The van der Waals surface area contributed by atoms with E-state index < -0.39 is 5.97 Å². The lowest BCUT2D eigenvalue weighted by atomic mass is 10.2. The van der Waals surface area contributed by atoms with Gasteiger partial charge in [0.25, 0.3) is 0 Å². The zero-order valence-electron chi connectivity index (χ0n) is 13.2. The molecule has 1 aromatic heterocycles. The van der Waals surface area contributed by atoms with Crippen LogP contribution in [0.5, 0.6) is 5.75 Å². The summed E-state index contributed by atoms with van der Waals surface area (Å²) in [7, 11) is 0. The summed E-state index contributed by atoms with van der Waals surface area (Å²) < 4.78 is 10.4. The molecule has 2 N–H and O–H groups in total. The molecule has 3 rings (SSSR count). The number of aromatic nitrogens is 2. The van der Waals surface area contributed by atoms with E-state index >= 15 is 0 Å². The Bertz CT molecular complexity index is 982. The molecule has 9 heteroatoms. The fourth-order valence-electron chi connectivity index (χ4n) is 2.15. The molecule has 0 unspecified atom stereocenters. The van der Waals surface area contributed by atoms with Gasteiger partial charge >= 0.3 is 5.97 Å². The summed E-state index contributed by atoms with van der Waals surface area (Å²) in [6.07, 6.45) is 0. The Hall–Kier alpha value is -2.28. The van der Waals surface area contributed by atoms with E-state index in [9.17, 15) is 4.79 Å². The highest BCUT2D eigenvalue weighted by Crippen LogP contribution is 2.33. The SMILES string of the molecule is Nc1nc(COC(=O)COc2cc(Cl)c(Cl)cc2Cl)nc2ccccc12. The number of rotatable bonds is 5. The van der Waals surface area contributed by atoms with Crippen LogP contribution in [0.2, 0.25) is 15.1 Å². The van der Waals surface area contributed by atoms with Crippen LogP contribution in [0.4, 0.5) is 5.82 Å².